The fourth-order valence-electron chi connectivity index (χ4n) is 3.33. The molecule has 1 aliphatic heterocycles. The number of benzene rings is 1. The smallest absolute Gasteiger partial charge is 0.166 e. The average Bonchev–Trinajstić information content (AvgIpc) is 3.35. The minimum absolute atomic E-state index is 0.101. The van der Waals surface area contributed by atoms with Crippen LogP contribution < -0.4 is 10.5 Å². The molecule has 3 N–H and O–H groups in total. The van der Waals surface area contributed by atoms with E-state index < -0.39 is 18.0 Å². The van der Waals surface area contributed by atoms with Crippen molar-refractivity contribution in [2.45, 2.75) is 25.2 Å². The Hall–Kier alpha value is -2.39. The van der Waals surface area contributed by atoms with E-state index in [2.05, 4.69) is 10.1 Å². The molecule has 4 rings (SSSR count). The van der Waals surface area contributed by atoms with Gasteiger partial charge < -0.3 is 20.3 Å². The van der Waals surface area contributed by atoms with E-state index in [1.807, 2.05) is 0 Å². The molecule has 2 unspecified atom stereocenters. The highest BCUT2D eigenvalue weighted by Crippen LogP contribution is 2.37. The molecule has 0 bridgehead atoms. The second-order valence-corrected chi connectivity index (χ2v) is 7.79. The van der Waals surface area contributed by atoms with Gasteiger partial charge in [-0.15, -0.1) is 0 Å². The first-order valence-corrected chi connectivity index (χ1v) is 9.96. The standard InChI is InChI=1S/C20H19Cl2FN4O3/c1-10(18-13(21)2-3-14(23)19(18)22)30-17-4-11(5-25-20(17)24)12-6-26-27(7-12)15-8-29-9-16(15)28/h2-7,10,15-16,28H,8-9H2,1H3,(H2,24,25)/t10-,15?,16?/m1/s1. The summed E-state index contributed by atoms with van der Waals surface area (Å²) >= 11 is 12.3. The van der Waals surface area contributed by atoms with Crippen LogP contribution in [0.4, 0.5) is 10.2 Å². The van der Waals surface area contributed by atoms with E-state index in [-0.39, 0.29) is 28.5 Å². The number of hydrogen-bond donors (Lipinski definition) is 2. The Morgan fingerprint density at radius 1 is 1.30 bits per heavy atom. The van der Waals surface area contributed by atoms with E-state index in [0.29, 0.717) is 23.5 Å². The van der Waals surface area contributed by atoms with E-state index in [4.69, 9.17) is 38.4 Å². The highest BCUT2D eigenvalue weighted by molar-refractivity contribution is 6.36. The number of halogens is 3. The Morgan fingerprint density at radius 2 is 2.10 bits per heavy atom. The third kappa shape index (κ3) is 3.96. The van der Waals surface area contributed by atoms with Gasteiger partial charge in [-0.2, -0.15) is 5.10 Å². The lowest BCUT2D eigenvalue weighted by atomic mass is 10.1. The van der Waals surface area contributed by atoms with Crippen molar-refractivity contribution in [1.82, 2.24) is 14.8 Å². The number of hydrogen-bond acceptors (Lipinski definition) is 6. The number of nitrogen functional groups attached to an aromatic ring is 1. The number of rotatable bonds is 5. The summed E-state index contributed by atoms with van der Waals surface area (Å²) < 4.78 is 26.7. The summed E-state index contributed by atoms with van der Waals surface area (Å²) in [5, 5.41) is 14.5. The van der Waals surface area contributed by atoms with Crippen molar-refractivity contribution in [2.75, 3.05) is 18.9 Å². The zero-order valence-corrected chi connectivity index (χ0v) is 17.4. The fourth-order valence-corrected chi connectivity index (χ4v) is 4.00. The van der Waals surface area contributed by atoms with Crippen molar-refractivity contribution in [1.29, 1.82) is 0 Å². The molecule has 1 aromatic carbocycles. The minimum Gasteiger partial charge on any atom is -0.482 e. The normalized spacial score (nSPS) is 19.8. The predicted octanol–water partition coefficient (Wildman–Crippen LogP) is 4.05. The Labute approximate surface area is 182 Å². The van der Waals surface area contributed by atoms with Gasteiger partial charge in [0.25, 0.3) is 0 Å². The first-order chi connectivity index (χ1) is 14.3. The number of pyridine rings is 1. The number of aliphatic hydroxyl groups is 1. The topological polar surface area (TPSA) is 95.4 Å². The molecular formula is C20H19Cl2FN4O3. The Morgan fingerprint density at radius 3 is 2.83 bits per heavy atom. The maximum absolute atomic E-state index is 13.9. The van der Waals surface area contributed by atoms with Crippen molar-refractivity contribution in [3.05, 3.63) is 58.2 Å². The molecule has 30 heavy (non-hydrogen) atoms. The summed E-state index contributed by atoms with van der Waals surface area (Å²) in [5.41, 5.74) is 7.78. The van der Waals surface area contributed by atoms with Gasteiger partial charge in [0.1, 0.15) is 24.1 Å². The molecule has 0 saturated carbocycles. The molecule has 2 aromatic heterocycles. The van der Waals surface area contributed by atoms with Crippen LogP contribution in [-0.4, -0.2) is 39.2 Å². The number of anilines is 1. The Bertz CT molecular complexity index is 1080. The van der Waals surface area contributed by atoms with Gasteiger partial charge in [-0.3, -0.25) is 4.68 Å². The Kier molecular flexibility index (Phi) is 5.84. The van der Waals surface area contributed by atoms with Gasteiger partial charge in [-0.25, -0.2) is 9.37 Å². The molecular weight excluding hydrogens is 434 g/mol. The van der Waals surface area contributed by atoms with E-state index in [1.54, 1.807) is 36.3 Å². The number of nitrogens with zero attached hydrogens (tertiary/aromatic N) is 3. The van der Waals surface area contributed by atoms with Crippen LogP contribution >= 0.6 is 23.2 Å². The highest BCUT2D eigenvalue weighted by atomic mass is 35.5. The molecule has 3 aromatic rings. The molecule has 0 spiro atoms. The van der Waals surface area contributed by atoms with E-state index >= 15 is 0 Å². The lowest BCUT2D eigenvalue weighted by Gasteiger charge is -2.19. The SMILES string of the molecule is C[C@@H](Oc1cc(-c2cnn(C3COCC3O)c2)cnc1N)c1c(Cl)ccc(F)c1Cl. The van der Waals surface area contributed by atoms with Crippen LogP contribution in [0.1, 0.15) is 24.6 Å². The summed E-state index contributed by atoms with van der Waals surface area (Å²) in [7, 11) is 0. The fraction of sp³-hybridized carbons (Fsp3) is 0.300. The van der Waals surface area contributed by atoms with Crippen LogP contribution in [-0.2, 0) is 4.74 Å². The van der Waals surface area contributed by atoms with Crippen molar-refractivity contribution >= 4 is 29.0 Å². The van der Waals surface area contributed by atoms with Crippen LogP contribution in [0.2, 0.25) is 10.0 Å². The zero-order chi connectivity index (χ0) is 21.4. The van der Waals surface area contributed by atoms with E-state index in [1.165, 1.54) is 12.1 Å². The monoisotopic (exact) mass is 452 g/mol. The molecule has 1 fully saturated rings. The van der Waals surface area contributed by atoms with Gasteiger partial charge in [-0.1, -0.05) is 23.2 Å². The van der Waals surface area contributed by atoms with Crippen LogP contribution in [0.15, 0.2) is 36.8 Å². The van der Waals surface area contributed by atoms with Crippen LogP contribution in [0, 0.1) is 5.82 Å². The van der Waals surface area contributed by atoms with Crippen molar-refractivity contribution in [3.8, 4) is 16.9 Å². The van der Waals surface area contributed by atoms with Gasteiger partial charge in [0, 0.05) is 34.1 Å². The molecule has 158 valence electrons. The first kappa shape index (κ1) is 20.9. The molecule has 3 heterocycles. The summed E-state index contributed by atoms with van der Waals surface area (Å²) in [4.78, 5) is 4.19. The molecule has 10 heteroatoms. The maximum atomic E-state index is 13.9. The molecule has 1 saturated heterocycles. The number of nitrogens with two attached hydrogens (primary N) is 1. The maximum Gasteiger partial charge on any atom is 0.166 e. The molecule has 0 aliphatic carbocycles. The van der Waals surface area contributed by atoms with Crippen molar-refractivity contribution in [2.24, 2.45) is 0 Å². The lowest BCUT2D eigenvalue weighted by Crippen LogP contribution is -2.22. The van der Waals surface area contributed by atoms with Crippen molar-refractivity contribution < 1.29 is 19.0 Å². The Balaban J connectivity index is 1.60. The second-order valence-electron chi connectivity index (χ2n) is 7.01. The third-order valence-corrected chi connectivity index (χ3v) is 5.68. The summed E-state index contributed by atoms with van der Waals surface area (Å²) in [6.45, 7) is 2.37. The van der Waals surface area contributed by atoms with Crippen LogP contribution in [0.5, 0.6) is 5.75 Å². The van der Waals surface area contributed by atoms with Crippen LogP contribution in [0.25, 0.3) is 11.1 Å². The molecule has 0 amide bonds. The van der Waals surface area contributed by atoms with Gasteiger partial charge in [0.15, 0.2) is 11.6 Å². The third-order valence-electron chi connectivity index (χ3n) is 4.97. The number of aromatic nitrogens is 3. The quantitative estimate of drug-likeness (QED) is 0.567. The molecule has 1 aliphatic rings. The highest BCUT2D eigenvalue weighted by Gasteiger charge is 2.28. The number of aliphatic hydroxyl groups excluding tert-OH is 1. The molecule has 3 atom stereocenters. The summed E-state index contributed by atoms with van der Waals surface area (Å²) in [6.07, 6.45) is 3.77. The van der Waals surface area contributed by atoms with Gasteiger partial charge in [0.05, 0.1) is 24.4 Å². The van der Waals surface area contributed by atoms with Crippen LogP contribution in [0.3, 0.4) is 0 Å². The minimum atomic E-state index is -0.673. The summed E-state index contributed by atoms with van der Waals surface area (Å²) in [6, 6.07) is 4.09. The average molecular weight is 453 g/mol. The lowest BCUT2D eigenvalue weighted by molar-refractivity contribution is 0.118. The molecule has 7 nitrogen and oxygen atoms in total. The zero-order valence-electron chi connectivity index (χ0n) is 15.9. The van der Waals surface area contributed by atoms with Gasteiger partial charge in [-0.05, 0) is 25.1 Å². The van der Waals surface area contributed by atoms with E-state index in [0.717, 1.165) is 5.56 Å². The largest absolute Gasteiger partial charge is 0.482 e. The predicted molar refractivity (Wildman–Crippen MR) is 111 cm³/mol. The van der Waals surface area contributed by atoms with Crippen molar-refractivity contribution in [3.63, 3.8) is 0 Å². The van der Waals surface area contributed by atoms with E-state index in [9.17, 15) is 9.50 Å². The van der Waals surface area contributed by atoms with Gasteiger partial charge >= 0.3 is 0 Å². The second kappa shape index (κ2) is 8.39. The first-order valence-electron chi connectivity index (χ1n) is 9.21. The molecule has 0 radical (unpaired) electrons. The number of ether oxygens (including phenoxy) is 2. The van der Waals surface area contributed by atoms with Gasteiger partial charge in [0.2, 0.25) is 0 Å². The summed E-state index contributed by atoms with van der Waals surface area (Å²) in [5.74, 6) is -0.119.